The third kappa shape index (κ3) is 5.61. The largest absolute Gasteiger partial charge is 0.457 e. The van der Waals surface area contributed by atoms with Crippen LogP contribution in [0.15, 0.2) is 72.8 Å². The van der Waals surface area contributed by atoms with Crippen LogP contribution in [0.25, 0.3) is 0 Å². The number of nitrogens with one attached hydrogen (secondary N) is 1. The van der Waals surface area contributed by atoms with Gasteiger partial charge < -0.3 is 19.7 Å². The lowest BCUT2D eigenvalue weighted by Crippen LogP contribution is -2.28. The van der Waals surface area contributed by atoms with Crippen molar-refractivity contribution in [3.63, 3.8) is 0 Å². The van der Waals surface area contributed by atoms with Gasteiger partial charge in [0.1, 0.15) is 11.5 Å². The lowest BCUT2D eigenvalue weighted by Gasteiger charge is -2.19. The van der Waals surface area contributed by atoms with E-state index in [1.54, 1.807) is 29.2 Å². The van der Waals surface area contributed by atoms with Gasteiger partial charge in [-0.2, -0.15) is 0 Å². The molecular weight excluding hydrogens is 432 g/mol. The molecule has 0 aromatic heterocycles. The Labute approximate surface area is 198 Å². The number of aryl methyl sites for hydroxylation is 2. The molecule has 1 N–H and O–H groups in total. The molecule has 0 radical (unpaired) electrons. The van der Waals surface area contributed by atoms with E-state index in [1.807, 2.05) is 62.4 Å². The summed E-state index contributed by atoms with van der Waals surface area (Å²) < 4.78 is 10.9. The highest BCUT2D eigenvalue weighted by Crippen LogP contribution is 2.29. The number of carbonyl (C=O) groups is 3. The van der Waals surface area contributed by atoms with Crippen LogP contribution in [0.4, 0.5) is 11.4 Å². The molecule has 2 amide bonds. The molecule has 0 aliphatic carbocycles. The van der Waals surface area contributed by atoms with Crippen molar-refractivity contribution in [2.75, 3.05) is 23.4 Å². The number of esters is 1. The molecule has 7 nitrogen and oxygen atoms in total. The lowest BCUT2D eigenvalue weighted by atomic mass is 10.1. The molecular formula is C27H26N2O5. The number of nitrogens with zero attached hydrogens (tertiary/aromatic N) is 1. The van der Waals surface area contributed by atoms with Crippen LogP contribution < -0.4 is 15.0 Å². The van der Waals surface area contributed by atoms with Crippen molar-refractivity contribution in [3.8, 4) is 11.5 Å². The van der Waals surface area contributed by atoms with Gasteiger partial charge in [-0.25, -0.2) is 0 Å². The molecule has 7 heteroatoms. The molecule has 3 aromatic rings. The summed E-state index contributed by atoms with van der Waals surface area (Å²) in [6.45, 7) is 3.74. The molecule has 0 spiro atoms. The Bertz CT molecular complexity index is 1190. The Balaban J connectivity index is 1.26. The molecule has 1 aliphatic rings. The van der Waals surface area contributed by atoms with Crippen LogP contribution in [0.3, 0.4) is 0 Å². The van der Waals surface area contributed by atoms with Gasteiger partial charge in [-0.3, -0.25) is 14.4 Å². The fourth-order valence-electron chi connectivity index (χ4n) is 3.89. The Morgan fingerprint density at radius 2 is 1.68 bits per heavy atom. The van der Waals surface area contributed by atoms with Crippen LogP contribution in [0, 0.1) is 19.8 Å². The quantitative estimate of drug-likeness (QED) is 0.522. The molecule has 34 heavy (non-hydrogen) atoms. The van der Waals surface area contributed by atoms with Crippen molar-refractivity contribution in [2.24, 2.45) is 5.92 Å². The summed E-state index contributed by atoms with van der Waals surface area (Å²) in [7, 11) is 0. The van der Waals surface area contributed by atoms with Crippen molar-refractivity contribution >= 4 is 29.2 Å². The third-order valence-corrected chi connectivity index (χ3v) is 5.56. The predicted octanol–water partition coefficient (Wildman–Crippen LogP) is 4.63. The molecule has 0 bridgehead atoms. The summed E-state index contributed by atoms with van der Waals surface area (Å²) >= 11 is 0. The summed E-state index contributed by atoms with van der Waals surface area (Å²) in [5, 5.41) is 2.69. The summed E-state index contributed by atoms with van der Waals surface area (Å²) in [5.74, 6) is -0.391. The number of carbonyl (C=O) groups excluding carboxylic acids is 3. The second kappa shape index (κ2) is 10.2. The number of hydrogen-bond donors (Lipinski definition) is 1. The van der Waals surface area contributed by atoms with E-state index >= 15 is 0 Å². The highest BCUT2D eigenvalue weighted by atomic mass is 16.5. The zero-order chi connectivity index (χ0) is 24.1. The van der Waals surface area contributed by atoms with Gasteiger partial charge >= 0.3 is 5.97 Å². The van der Waals surface area contributed by atoms with Crippen molar-refractivity contribution in [1.29, 1.82) is 0 Å². The number of amides is 2. The summed E-state index contributed by atoms with van der Waals surface area (Å²) in [5.41, 5.74) is 3.43. The number of ether oxygens (including phenoxy) is 2. The molecule has 0 unspecified atom stereocenters. The standard InChI is InChI=1S/C27H26N2O5/c1-18-8-13-24(19(2)14-18)29-16-20(15-26(29)31)27(32)33-17-25(30)28-21-9-11-23(12-10-21)34-22-6-4-3-5-7-22/h3-14,20H,15-17H2,1-2H3,(H,28,30)/t20-/m0/s1. The van der Waals surface area contributed by atoms with Gasteiger partial charge in [0.2, 0.25) is 5.91 Å². The average molecular weight is 459 g/mol. The highest BCUT2D eigenvalue weighted by Gasteiger charge is 2.36. The van der Waals surface area contributed by atoms with E-state index < -0.39 is 24.4 Å². The Kier molecular flexibility index (Phi) is 6.92. The molecule has 3 aromatic carbocycles. The van der Waals surface area contributed by atoms with Crippen molar-refractivity contribution in [2.45, 2.75) is 20.3 Å². The maximum absolute atomic E-state index is 12.5. The first-order valence-corrected chi connectivity index (χ1v) is 11.1. The number of benzene rings is 3. The van der Waals surface area contributed by atoms with E-state index in [0.29, 0.717) is 17.2 Å². The van der Waals surface area contributed by atoms with Gasteiger partial charge in [-0.05, 0) is 61.9 Å². The first-order chi connectivity index (χ1) is 16.4. The molecule has 4 rings (SSSR count). The van der Waals surface area contributed by atoms with Gasteiger partial charge in [0, 0.05) is 24.3 Å². The van der Waals surface area contributed by atoms with Crippen molar-refractivity contribution in [3.05, 3.63) is 83.9 Å². The Morgan fingerprint density at radius 3 is 2.38 bits per heavy atom. The molecule has 1 aliphatic heterocycles. The highest BCUT2D eigenvalue weighted by molar-refractivity contribution is 6.00. The molecule has 1 saturated heterocycles. The minimum atomic E-state index is -0.601. The fraction of sp³-hybridized carbons (Fsp3) is 0.222. The molecule has 0 saturated carbocycles. The van der Waals surface area contributed by atoms with Crippen LogP contribution in [-0.2, 0) is 19.1 Å². The second-order valence-electron chi connectivity index (χ2n) is 8.29. The van der Waals surface area contributed by atoms with Gasteiger partial charge in [0.15, 0.2) is 6.61 Å². The fourth-order valence-corrected chi connectivity index (χ4v) is 3.89. The number of hydrogen-bond acceptors (Lipinski definition) is 5. The average Bonchev–Trinajstić information content (AvgIpc) is 3.21. The topological polar surface area (TPSA) is 84.9 Å². The predicted molar refractivity (Wildman–Crippen MR) is 129 cm³/mol. The lowest BCUT2D eigenvalue weighted by molar-refractivity contribution is -0.151. The summed E-state index contributed by atoms with van der Waals surface area (Å²) in [6, 6.07) is 22.1. The minimum absolute atomic E-state index is 0.0661. The summed E-state index contributed by atoms with van der Waals surface area (Å²) in [6.07, 6.45) is 0.0661. The van der Waals surface area contributed by atoms with Gasteiger partial charge in [-0.15, -0.1) is 0 Å². The van der Waals surface area contributed by atoms with E-state index in [1.165, 1.54) is 0 Å². The van der Waals surface area contributed by atoms with Crippen LogP contribution in [0.5, 0.6) is 11.5 Å². The van der Waals surface area contributed by atoms with Gasteiger partial charge in [-0.1, -0.05) is 35.9 Å². The normalized spacial score (nSPS) is 15.2. The molecule has 174 valence electrons. The zero-order valence-corrected chi connectivity index (χ0v) is 19.1. The van der Waals surface area contributed by atoms with E-state index in [-0.39, 0.29) is 18.9 Å². The molecule has 1 heterocycles. The van der Waals surface area contributed by atoms with Gasteiger partial charge in [0.25, 0.3) is 5.91 Å². The molecule has 1 fully saturated rings. The first-order valence-electron chi connectivity index (χ1n) is 11.1. The van der Waals surface area contributed by atoms with E-state index in [4.69, 9.17) is 9.47 Å². The minimum Gasteiger partial charge on any atom is -0.457 e. The van der Waals surface area contributed by atoms with Crippen molar-refractivity contribution in [1.82, 2.24) is 0 Å². The van der Waals surface area contributed by atoms with Crippen LogP contribution in [0.1, 0.15) is 17.5 Å². The second-order valence-corrected chi connectivity index (χ2v) is 8.29. The first kappa shape index (κ1) is 23.0. The number of rotatable bonds is 7. The summed E-state index contributed by atoms with van der Waals surface area (Å²) in [4.78, 5) is 38.8. The van der Waals surface area contributed by atoms with Crippen LogP contribution in [0.2, 0.25) is 0 Å². The third-order valence-electron chi connectivity index (χ3n) is 5.56. The number of anilines is 2. The Hall–Kier alpha value is -4.13. The SMILES string of the molecule is Cc1ccc(N2C[C@@H](C(=O)OCC(=O)Nc3ccc(Oc4ccccc4)cc3)CC2=O)c(C)c1. The van der Waals surface area contributed by atoms with E-state index in [2.05, 4.69) is 5.32 Å². The zero-order valence-electron chi connectivity index (χ0n) is 19.1. The van der Waals surface area contributed by atoms with Crippen LogP contribution >= 0.6 is 0 Å². The maximum Gasteiger partial charge on any atom is 0.311 e. The monoisotopic (exact) mass is 458 g/mol. The smallest absolute Gasteiger partial charge is 0.311 e. The van der Waals surface area contributed by atoms with E-state index in [9.17, 15) is 14.4 Å². The maximum atomic E-state index is 12.5. The van der Waals surface area contributed by atoms with E-state index in [0.717, 1.165) is 16.8 Å². The molecule has 1 atom stereocenters. The van der Waals surface area contributed by atoms with Crippen molar-refractivity contribution < 1.29 is 23.9 Å². The van der Waals surface area contributed by atoms with Gasteiger partial charge in [0.05, 0.1) is 5.92 Å². The van der Waals surface area contributed by atoms with Crippen LogP contribution in [-0.4, -0.2) is 30.9 Å². The number of para-hydroxylation sites is 1. The Morgan fingerprint density at radius 1 is 0.971 bits per heavy atom.